The number of benzene rings is 2. The molecule has 2 aromatic rings. The van der Waals surface area contributed by atoms with Crippen LogP contribution in [0.3, 0.4) is 0 Å². The summed E-state index contributed by atoms with van der Waals surface area (Å²) in [6.45, 7) is 1.96. The summed E-state index contributed by atoms with van der Waals surface area (Å²) >= 11 is 0. The molecule has 0 atom stereocenters. The van der Waals surface area contributed by atoms with Gasteiger partial charge in [0.05, 0.1) is 11.6 Å². The second-order valence-electron chi connectivity index (χ2n) is 4.56. The molecule has 1 N–H and O–H groups in total. The fourth-order valence-corrected chi connectivity index (χ4v) is 2.38. The third-order valence-electron chi connectivity index (χ3n) is 3.29. The van der Waals surface area contributed by atoms with Crippen LogP contribution in [0.2, 0.25) is 0 Å². The average molecular weight is 277 g/mol. The zero-order valence-electron chi connectivity index (χ0n) is 11.7. The minimum absolute atomic E-state index is 0.585. The molecule has 0 aliphatic heterocycles. The number of carboxylic acid groups (broad SMARTS) is 1. The number of hydrogen-bond acceptors (Lipinski definition) is 2. The third-order valence-corrected chi connectivity index (χ3v) is 3.29. The molecule has 3 nitrogen and oxygen atoms in total. The smallest absolute Gasteiger partial charge is 0.328 e. The molecule has 0 saturated heterocycles. The molecule has 3 heteroatoms. The van der Waals surface area contributed by atoms with Gasteiger partial charge in [-0.3, -0.25) is 0 Å². The number of nitrogens with zero attached hydrogens (tertiary/aromatic N) is 1. The maximum atomic E-state index is 11.2. The van der Waals surface area contributed by atoms with Crippen LogP contribution in [-0.2, 0) is 11.2 Å². The Morgan fingerprint density at radius 1 is 1.19 bits per heavy atom. The van der Waals surface area contributed by atoms with Gasteiger partial charge < -0.3 is 5.11 Å². The molecule has 0 spiro atoms. The highest BCUT2D eigenvalue weighted by Gasteiger charge is 2.13. The molecule has 0 amide bonds. The number of aliphatic carboxylic acids is 1. The summed E-state index contributed by atoms with van der Waals surface area (Å²) in [6.07, 6.45) is 1.87. The Balaban J connectivity index is 2.70. The predicted molar refractivity (Wildman–Crippen MR) is 81.7 cm³/mol. The lowest BCUT2D eigenvalue weighted by atomic mass is 9.90. The van der Waals surface area contributed by atoms with E-state index in [2.05, 4.69) is 6.07 Å². The summed E-state index contributed by atoms with van der Waals surface area (Å²) in [5.74, 6) is -1.00. The van der Waals surface area contributed by atoms with Gasteiger partial charge in [0, 0.05) is 6.08 Å². The lowest BCUT2D eigenvalue weighted by Crippen LogP contribution is -2.00. The molecular formula is C18H15NO2. The molecule has 0 bridgehead atoms. The second-order valence-corrected chi connectivity index (χ2v) is 4.56. The van der Waals surface area contributed by atoms with E-state index in [4.69, 9.17) is 5.11 Å². The van der Waals surface area contributed by atoms with Gasteiger partial charge in [-0.25, -0.2) is 4.79 Å². The normalized spacial score (nSPS) is 11.0. The van der Waals surface area contributed by atoms with Gasteiger partial charge in [0.2, 0.25) is 0 Å². The summed E-state index contributed by atoms with van der Waals surface area (Å²) in [5.41, 5.74) is 3.70. The zero-order chi connectivity index (χ0) is 15.2. The van der Waals surface area contributed by atoms with Gasteiger partial charge in [-0.2, -0.15) is 5.26 Å². The van der Waals surface area contributed by atoms with Gasteiger partial charge in [0.15, 0.2) is 0 Å². The van der Waals surface area contributed by atoms with Crippen LogP contribution in [-0.4, -0.2) is 11.1 Å². The van der Waals surface area contributed by atoms with Gasteiger partial charge in [-0.15, -0.1) is 0 Å². The van der Waals surface area contributed by atoms with Crippen molar-refractivity contribution in [3.63, 3.8) is 0 Å². The molecule has 0 aliphatic carbocycles. The van der Waals surface area contributed by atoms with E-state index in [1.165, 1.54) is 6.08 Å². The second kappa shape index (κ2) is 6.53. The predicted octanol–water partition coefficient (Wildman–Crippen LogP) is 3.64. The summed E-state index contributed by atoms with van der Waals surface area (Å²) in [6, 6.07) is 16.9. The maximum absolute atomic E-state index is 11.2. The van der Waals surface area contributed by atoms with Gasteiger partial charge in [-0.1, -0.05) is 49.4 Å². The fraction of sp³-hybridized carbons (Fsp3) is 0.111. The first kappa shape index (κ1) is 14.5. The molecule has 2 rings (SSSR count). The topological polar surface area (TPSA) is 61.1 Å². The monoisotopic (exact) mass is 277 g/mol. The van der Waals surface area contributed by atoms with Crippen LogP contribution in [0.5, 0.6) is 0 Å². The van der Waals surface area contributed by atoms with Crippen molar-refractivity contribution in [2.75, 3.05) is 0 Å². The molecule has 104 valence electrons. The number of hydrogen-bond donors (Lipinski definition) is 1. The molecule has 0 saturated carbocycles. The number of carbonyl (C=O) groups is 1. The first-order chi connectivity index (χ1) is 10.2. The molecule has 0 aliphatic rings. The van der Waals surface area contributed by atoms with Crippen LogP contribution in [0.4, 0.5) is 0 Å². The van der Waals surface area contributed by atoms with Gasteiger partial charge in [-0.05, 0) is 34.8 Å². The third kappa shape index (κ3) is 3.18. The highest BCUT2D eigenvalue weighted by atomic mass is 16.4. The van der Waals surface area contributed by atoms with Gasteiger partial charge in [0.1, 0.15) is 0 Å². The van der Waals surface area contributed by atoms with Crippen molar-refractivity contribution in [3.05, 3.63) is 76.9 Å². The largest absolute Gasteiger partial charge is 0.478 e. The van der Waals surface area contributed by atoms with Crippen LogP contribution < -0.4 is 0 Å². The Labute approximate surface area is 123 Å². The van der Waals surface area contributed by atoms with Crippen molar-refractivity contribution >= 4 is 11.5 Å². The van der Waals surface area contributed by atoms with Crippen molar-refractivity contribution in [3.8, 4) is 6.07 Å². The van der Waals surface area contributed by atoms with E-state index in [9.17, 15) is 10.1 Å². The van der Waals surface area contributed by atoms with Gasteiger partial charge in [0.25, 0.3) is 0 Å². The lowest BCUT2D eigenvalue weighted by Gasteiger charge is -2.13. The molecule has 0 unspecified atom stereocenters. The minimum Gasteiger partial charge on any atom is -0.478 e. The van der Waals surface area contributed by atoms with Crippen LogP contribution in [0.15, 0.2) is 54.6 Å². The van der Waals surface area contributed by atoms with Crippen molar-refractivity contribution in [1.82, 2.24) is 0 Å². The standard InChI is InChI=1S/C18H15NO2/c1-2-15-14(12-19)9-6-10-16(15)17(11-18(20)21)13-7-4-3-5-8-13/h3-11H,2H2,1H3,(H,20,21)/b17-11+. The van der Waals surface area contributed by atoms with Crippen LogP contribution in [0, 0.1) is 11.3 Å². The van der Waals surface area contributed by atoms with Crippen LogP contribution in [0.1, 0.15) is 29.2 Å². The van der Waals surface area contributed by atoms with E-state index < -0.39 is 5.97 Å². The van der Waals surface area contributed by atoms with Crippen molar-refractivity contribution in [2.24, 2.45) is 0 Å². The molecule has 0 fully saturated rings. The molecule has 0 radical (unpaired) electrons. The van der Waals surface area contributed by atoms with E-state index in [0.717, 1.165) is 16.7 Å². The van der Waals surface area contributed by atoms with Crippen LogP contribution >= 0.6 is 0 Å². The summed E-state index contributed by atoms with van der Waals surface area (Å²) in [7, 11) is 0. The van der Waals surface area contributed by atoms with Crippen molar-refractivity contribution in [1.29, 1.82) is 5.26 Å². The number of rotatable bonds is 4. The highest BCUT2D eigenvalue weighted by molar-refractivity contribution is 5.96. The number of nitriles is 1. The first-order valence-electron chi connectivity index (χ1n) is 6.69. The maximum Gasteiger partial charge on any atom is 0.328 e. The van der Waals surface area contributed by atoms with E-state index in [0.29, 0.717) is 17.6 Å². The Kier molecular flexibility index (Phi) is 4.53. The zero-order valence-corrected chi connectivity index (χ0v) is 11.7. The van der Waals surface area contributed by atoms with E-state index in [1.54, 1.807) is 12.1 Å². The Morgan fingerprint density at radius 3 is 2.48 bits per heavy atom. The summed E-state index contributed by atoms with van der Waals surface area (Å²) in [4.78, 5) is 11.2. The van der Waals surface area contributed by atoms with E-state index in [-0.39, 0.29) is 0 Å². The Morgan fingerprint density at radius 2 is 1.90 bits per heavy atom. The number of carboxylic acids is 1. The van der Waals surface area contributed by atoms with Crippen molar-refractivity contribution < 1.29 is 9.90 Å². The average Bonchev–Trinajstić information content (AvgIpc) is 2.52. The molecule has 0 heterocycles. The lowest BCUT2D eigenvalue weighted by molar-refractivity contribution is -0.131. The quantitative estimate of drug-likeness (QED) is 0.868. The van der Waals surface area contributed by atoms with Crippen LogP contribution in [0.25, 0.3) is 5.57 Å². The summed E-state index contributed by atoms with van der Waals surface area (Å²) < 4.78 is 0. The van der Waals surface area contributed by atoms with E-state index in [1.807, 2.05) is 43.3 Å². The first-order valence-corrected chi connectivity index (χ1v) is 6.69. The Hall–Kier alpha value is -2.86. The highest BCUT2D eigenvalue weighted by Crippen LogP contribution is 2.28. The SMILES string of the molecule is CCc1c(C#N)cccc1/C(=C/C(=O)O)c1ccccc1. The molecule has 21 heavy (non-hydrogen) atoms. The minimum atomic E-state index is -1.00. The summed E-state index contributed by atoms with van der Waals surface area (Å²) in [5, 5.41) is 18.4. The molecule has 2 aromatic carbocycles. The van der Waals surface area contributed by atoms with E-state index >= 15 is 0 Å². The van der Waals surface area contributed by atoms with Crippen molar-refractivity contribution in [2.45, 2.75) is 13.3 Å². The van der Waals surface area contributed by atoms with Gasteiger partial charge >= 0.3 is 5.97 Å². The molecule has 0 aromatic heterocycles. The molecular weight excluding hydrogens is 262 g/mol. The Bertz CT molecular complexity index is 725. The fourth-order valence-electron chi connectivity index (χ4n) is 2.38.